The SMILES string of the molecule is CCCCCC1C2=C(C=C3C1C(=O)OC31C=Nc3ccsc31)OCO2. The van der Waals surface area contributed by atoms with Crippen LogP contribution in [0, 0.1) is 11.8 Å². The molecule has 4 aliphatic rings. The second-order valence-corrected chi connectivity index (χ2v) is 7.78. The summed E-state index contributed by atoms with van der Waals surface area (Å²) in [7, 11) is 0. The monoisotopic (exact) mass is 357 g/mol. The number of nitrogens with zero attached hydrogens (tertiary/aromatic N) is 1. The molecule has 0 radical (unpaired) electrons. The lowest BCUT2D eigenvalue weighted by molar-refractivity contribution is -0.148. The zero-order chi connectivity index (χ0) is 17.0. The van der Waals surface area contributed by atoms with E-state index in [0.29, 0.717) is 0 Å². The third-order valence-electron chi connectivity index (χ3n) is 5.46. The highest BCUT2D eigenvalue weighted by molar-refractivity contribution is 7.11. The van der Waals surface area contributed by atoms with E-state index in [9.17, 15) is 4.79 Å². The summed E-state index contributed by atoms with van der Waals surface area (Å²) in [5.41, 5.74) is 0.997. The highest BCUT2D eigenvalue weighted by Gasteiger charge is 2.60. The van der Waals surface area contributed by atoms with E-state index in [1.807, 2.05) is 17.5 Å². The number of hydrogen-bond acceptors (Lipinski definition) is 6. The molecule has 25 heavy (non-hydrogen) atoms. The van der Waals surface area contributed by atoms with Crippen LogP contribution in [0.1, 0.15) is 37.5 Å². The second-order valence-electron chi connectivity index (χ2n) is 6.86. The number of carbonyl (C=O) groups excluding carboxylic acids is 1. The number of carbonyl (C=O) groups is 1. The van der Waals surface area contributed by atoms with Gasteiger partial charge in [0.1, 0.15) is 5.76 Å². The van der Waals surface area contributed by atoms with Crippen molar-refractivity contribution in [2.24, 2.45) is 16.8 Å². The lowest BCUT2D eigenvalue weighted by Gasteiger charge is -2.28. The van der Waals surface area contributed by atoms with Gasteiger partial charge in [0.15, 0.2) is 5.76 Å². The molecule has 5 rings (SSSR count). The minimum Gasteiger partial charge on any atom is -0.458 e. The summed E-state index contributed by atoms with van der Waals surface area (Å²) in [6.07, 6.45) is 7.98. The van der Waals surface area contributed by atoms with Crippen molar-refractivity contribution in [3.8, 4) is 0 Å². The van der Waals surface area contributed by atoms with Crippen LogP contribution in [-0.4, -0.2) is 19.0 Å². The van der Waals surface area contributed by atoms with Crippen molar-refractivity contribution < 1.29 is 19.0 Å². The number of ether oxygens (including phenoxy) is 3. The minimum absolute atomic E-state index is 0.00617. The van der Waals surface area contributed by atoms with Crippen LogP contribution in [0.25, 0.3) is 0 Å². The molecule has 3 aliphatic heterocycles. The summed E-state index contributed by atoms with van der Waals surface area (Å²) in [4.78, 5) is 18.4. The Morgan fingerprint density at radius 1 is 1.36 bits per heavy atom. The van der Waals surface area contributed by atoms with Crippen LogP contribution >= 0.6 is 11.3 Å². The van der Waals surface area contributed by atoms with Gasteiger partial charge in [0, 0.05) is 11.5 Å². The lowest BCUT2D eigenvalue weighted by Crippen LogP contribution is -2.30. The van der Waals surface area contributed by atoms with Gasteiger partial charge < -0.3 is 14.2 Å². The highest BCUT2D eigenvalue weighted by atomic mass is 32.1. The first kappa shape index (κ1) is 15.2. The normalized spacial score (nSPS) is 31.4. The van der Waals surface area contributed by atoms with Crippen LogP contribution in [0.15, 0.2) is 39.6 Å². The van der Waals surface area contributed by atoms with Gasteiger partial charge in [0.05, 0.1) is 22.7 Å². The van der Waals surface area contributed by atoms with Crippen LogP contribution in [0.3, 0.4) is 0 Å². The van der Waals surface area contributed by atoms with Crippen LogP contribution in [0.4, 0.5) is 5.69 Å². The molecule has 3 atom stereocenters. The van der Waals surface area contributed by atoms with Crippen molar-refractivity contribution in [2.45, 2.75) is 38.2 Å². The quantitative estimate of drug-likeness (QED) is 0.599. The van der Waals surface area contributed by atoms with E-state index in [1.54, 1.807) is 17.6 Å². The molecule has 1 aromatic heterocycles. The average Bonchev–Trinajstić information content (AvgIpc) is 3.35. The Bertz CT molecular complexity index is 836. The van der Waals surface area contributed by atoms with Gasteiger partial charge in [-0.05, 0) is 23.9 Å². The van der Waals surface area contributed by atoms with E-state index in [4.69, 9.17) is 14.2 Å². The maximum absolute atomic E-state index is 12.9. The zero-order valence-corrected chi connectivity index (χ0v) is 14.8. The van der Waals surface area contributed by atoms with E-state index in [1.165, 1.54) is 0 Å². The molecule has 1 aliphatic carbocycles. The molecule has 0 saturated carbocycles. The summed E-state index contributed by atoms with van der Waals surface area (Å²) in [6, 6.07) is 1.97. The van der Waals surface area contributed by atoms with E-state index in [0.717, 1.165) is 53.3 Å². The van der Waals surface area contributed by atoms with E-state index in [-0.39, 0.29) is 24.6 Å². The summed E-state index contributed by atoms with van der Waals surface area (Å²) < 4.78 is 17.4. The topological polar surface area (TPSA) is 57.1 Å². The highest BCUT2D eigenvalue weighted by Crippen LogP contribution is 2.57. The van der Waals surface area contributed by atoms with Crippen molar-refractivity contribution in [1.29, 1.82) is 0 Å². The van der Waals surface area contributed by atoms with Crippen molar-refractivity contribution in [3.05, 3.63) is 39.5 Å². The molecule has 0 aromatic carbocycles. The van der Waals surface area contributed by atoms with Crippen molar-refractivity contribution >= 4 is 29.2 Å². The number of hydrogen-bond donors (Lipinski definition) is 0. The molecule has 1 aromatic rings. The fourth-order valence-electron chi connectivity index (χ4n) is 4.30. The Labute approximate surface area is 150 Å². The number of esters is 1. The fraction of sp³-hybridized carbons (Fsp3) is 0.474. The number of rotatable bonds is 4. The Hall–Kier alpha value is -2.08. The molecule has 5 nitrogen and oxygen atoms in total. The smallest absolute Gasteiger partial charge is 0.315 e. The molecule has 0 amide bonds. The number of allylic oxidation sites excluding steroid dienone is 2. The van der Waals surface area contributed by atoms with E-state index in [2.05, 4.69) is 11.9 Å². The molecule has 6 heteroatoms. The summed E-state index contributed by atoms with van der Waals surface area (Å²) in [5.74, 6) is 1.08. The van der Waals surface area contributed by atoms with Crippen molar-refractivity contribution in [3.63, 3.8) is 0 Å². The van der Waals surface area contributed by atoms with Crippen LogP contribution in [-0.2, 0) is 24.6 Å². The lowest BCUT2D eigenvalue weighted by atomic mass is 9.74. The molecular weight excluding hydrogens is 338 g/mol. The van der Waals surface area contributed by atoms with Gasteiger partial charge in [-0.25, -0.2) is 0 Å². The molecule has 130 valence electrons. The average molecular weight is 357 g/mol. The van der Waals surface area contributed by atoms with Gasteiger partial charge in [0.25, 0.3) is 0 Å². The third-order valence-corrected chi connectivity index (χ3v) is 6.48. The Morgan fingerprint density at radius 3 is 3.16 bits per heavy atom. The first-order valence-corrected chi connectivity index (χ1v) is 9.70. The number of fused-ring (bicyclic) bond motifs is 4. The van der Waals surface area contributed by atoms with Crippen LogP contribution in [0.5, 0.6) is 0 Å². The molecule has 0 N–H and O–H groups in total. The standard InChI is InChI=1S/C19H19NO4S/c1-2-3-4-5-11-15-12(8-14-16(11)23-10-22-14)19(24-18(15)21)9-20-13-6-7-25-17(13)19/h6-9,11,15H,2-5,10H2,1H3. The maximum atomic E-state index is 12.9. The summed E-state index contributed by atoms with van der Waals surface area (Å²) in [6.45, 7) is 2.41. The first-order valence-electron chi connectivity index (χ1n) is 8.82. The third kappa shape index (κ3) is 2.00. The number of thiophene rings is 1. The van der Waals surface area contributed by atoms with Gasteiger partial charge in [-0.2, -0.15) is 0 Å². The first-order chi connectivity index (χ1) is 12.2. The van der Waals surface area contributed by atoms with E-state index < -0.39 is 5.60 Å². The molecular formula is C19H19NO4S. The largest absolute Gasteiger partial charge is 0.458 e. The Balaban J connectivity index is 1.59. The van der Waals surface area contributed by atoms with Gasteiger partial charge in [-0.1, -0.05) is 26.2 Å². The fourth-order valence-corrected chi connectivity index (χ4v) is 5.26. The van der Waals surface area contributed by atoms with Crippen LogP contribution < -0.4 is 0 Å². The van der Waals surface area contributed by atoms with Crippen molar-refractivity contribution in [1.82, 2.24) is 0 Å². The summed E-state index contributed by atoms with van der Waals surface area (Å²) in [5, 5.41) is 1.99. The Kier molecular flexibility index (Phi) is 3.32. The number of unbranched alkanes of at least 4 members (excludes halogenated alkanes) is 2. The minimum atomic E-state index is -0.848. The van der Waals surface area contributed by atoms with Gasteiger partial charge in [-0.15, -0.1) is 11.3 Å². The molecule has 0 bridgehead atoms. The van der Waals surface area contributed by atoms with E-state index >= 15 is 0 Å². The molecule has 1 spiro atoms. The molecule has 3 unspecified atom stereocenters. The summed E-state index contributed by atoms with van der Waals surface area (Å²) >= 11 is 1.58. The predicted molar refractivity (Wildman–Crippen MR) is 93.5 cm³/mol. The van der Waals surface area contributed by atoms with Crippen LogP contribution in [0.2, 0.25) is 0 Å². The van der Waals surface area contributed by atoms with Gasteiger partial charge >= 0.3 is 5.97 Å². The van der Waals surface area contributed by atoms with Crippen molar-refractivity contribution in [2.75, 3.05) is 6.79 Å². The zero-order valence-electron chi connectivity index (χ0n) is 14.0. The molecule has 4 heterocycles. The number of aliphatic imine (C=N–C) groups is 1. The molecule has 1 fully saturated rings. The predicted octanol–water partition coefficient (Wildman–Crippen LogP) is 4.18. The van der Waals surface area contributed by atoms with Gasteiger partial charge in [0.2, 0.25) is 12.4 Å². The Morgan fingerprint density at radius 2 is 2.28 bits per heavy atom. The second kappa shape index (κ2) is 5.46. The van der Waals surface area contributed by atoms with Gasteiger partial charge in [-0.3, -0.25) is 9.79 Å². The maximum Gasteiger partial charge on any atom is 0.315 e. The molecule has 1 saturated heterocycles.